The number of carboxylic acid groups (broad SMARTS) is 1. The van der Waals surface area contributed by atoms with E-state index in [1.54, 1.807) is 33.8 Å². The van der Waals surface area contributed by atoms with E-state index in [2.05, 4.69) is 31.9 Å². The van der Waals surface area contributed by atoms with E-state index in [9.17, 15) is 14.7 Å². The van der Waals surface area contributed by atoms with Crippen molar-refractivity contribution in [3.63, 3.8) is 0 Å². The summed E-state index contributed by atoms with van der Waals surface area (Å²) in [5.74, 6) is -1.09. The monoisotopic (exact) mass is 441 g/mol. The average Bonchev–Trinajstić information content (AvgIpc) is 2.62. The Labute approximate surface area is 144 Å². The summed E-state index contributed by atoms with van der Waals surface area (Å²) in [6.07, 6.45) is -0.641. The molecule has 1 N–H and O–H groups in total. The Balaban J connectivity index is 3.12. The summed E-state index contributed by atoms with van der Waals surface area (Å²) in [4.78, 5) is 25.6. The zero-order valence-electron chi connectivity index (χ0n) is 12.1. The summed E-state index contributed by atoms with van der Waals surface area (Å²) in [5, 5.41) is 9.50. The molecule has 0 aliphatic carbocycles. The first-order valence-electron chi connectivity index (χ1n) is 6.24. The molecule has 1 amide bonds. The molecule has 0 aliphatic heterocycles. The van der Waals surface area contributed by atoms with E-state index in [-0.39, 0.29) is 6.54 Å². The Bertz CT molecular complexity index is 519. The molecule has 118 valence electrons. The van der Waals surface area contributed by atoms with E-state index in [0.717, 1.165) is 8.26 Å². The predicted octanol–water partition coefficient (Wildman–Crippen LogP) is 4.66. The van der Waals surface area contributed by atoms with Crippen LogP contribution in [0.3, 0.4) is 0 Å². The van der Waals surface area contributed by atoms with Crippen molar-refractivity contribution in [2.24, 2.45) is 0 Å². The number of aliphatic carboxylic acids is 1. The maximum atomic E-state index is 12.2. The number of rotatable bonds is 4. The van der Waals surface area contributed by atoms with E-state index in [1.165, 1.54) is 16.2 Å². The van der Waals surface area contributed by atoms with Crippen molar-refractivity contribution < 1.29 is 19.4 Å². The van der Waals surface area contributed by atoms with Crippen molar-refractivity contribution in [3.8, 4) is 0 Å². The van der Waals surface area contributed by atoms with Gasteiger partial charge >= 0.3 is 12.1 Å². The molecular weight excluding hydrogens is 426 g/mol. The van der Waals surface area contributed by atoms with Crippen LogP contribution in [0.1, 0.15) is 38.6 Å². The predicted molar refractivity (Wildman–Crippen MR) is 88.7 cm³/mol. The van der Waals surface area contributed by atoms with Crippen molar-refractivity contribution in [1.82, 2.24) is 4.90 Å². The first-order valence-corrected chi connectivity index (χ1v) is 8.64. The highest BCUT2D eigenvalue weighted by Crippen LogP contribution is 2.37. The van der Waals surface area contributed by atoms with Gasteiger partial charge in [-0.15, -0.1) is 11.3 Å². The number of halogens is 2. The zero-order chi connectivity index (χ0) is 16.4. The fourth-order valence-electron chi connectivity index (χ4n) is 1.64. The van der Waals surface area contributed by atoms with E-state index >= 15 is 0 Å². The molecule has 0 aromatic carbocycles. The zero-order valence-corrected chi connectivity index (χ0v) is 16.1. The van der Waals surface area contributed by atoms with E-state index in [0.29, 0.717) is 4.88 Å². The summed E-state index contributed by atoms with van der Waals surface area (Å²) in [5.41, 5.74) is -0.676. The second-order valence-corrected chi connectivity index (χ2v) is 8.53. The molecule has 1 aromatic rings. The van der Waals surface area contributed by atoms with Gasteiger partial charge in [0.15, 0.2) is 6.04 Å². The van der Waals surface area contributed by atoms with Gasteiger partial charge in [-0.1, -0.05) is 0 Å². The van der Waals surface area contributed by atoms with Gasteiger partial charge in [0.2, 0.25) is 0 Å². The highest BCUT2D eigenvalue weighted by atomic mass is 79.9. The van der Waals surface area contributed by atoms with Crippen molar-refractivity contribution in [2.45, 2.75) is 39.3 Å². The topological polar surface area (TPSA) is 66.8 Å². The second-order valence-electron chi connectivity index (χ2n) is 5.28. The van der Waals surface area contributed by atoms with Gasteiger partial charge in [0.1, 0.15) is 5.60 Å². The highest BCUT2D eigenvalue weighted by molar-refractivity contribution is 9.13. The van der Waals surface area contributed by atoms with E-state index in [1.807, 2.05) is 0 Å². The SMILES string of the molecule is CCN(C(=O)OC(C)(C)C)C(C(=O)O)c1cc(Br)c(Br)s1. The Hall–Kier alpha value is -0.600. The van der Waals surface area contributed by atoms with Gasteiger partial charge in [-0.3, -0.25) is 4.90 Å². The fourth-order valence-corrected chi connectivity index (χ4v) is 3.84. The molecule has 0 radical (unpaired) electrons. The van der Waals surface area contributed by atoms with E-state index < -0.39 is 23.7 Å². The second kappa shape index (κ2) is 7.11. The molecular formula is C13H17Br2NO4S. The van der Waals surface area contributed by atoms with Crippen molar-refractivity contribution in [2.75, 3.05) is 6.54 Å². The van der Waals surface area contributed by atoms with Crippen LogP contribution < -0.4 is 0 Å². The largest absolute Gasteiger partial charge is 0.479 e. The number of carbonyl (C=O) groups excluding carboxylic acids is 1. The van der Waals surface area contributed by atoms with Gasteiger partial charge in [-0.05, 0) is 65.6 Å². The lowest BCUT2D eigenvalue weighted by Gasteiger charge is -2.30. The first kappa shape index (κ1) is 18.4. The lowest BCUT2D eigenvalue weighted by atomic mass is 10.2. The van der Waals surface area contributed by atoms with Crippen LogP contribution in [0, 0.1) is 0 Å². The standard InChI is InChI=1S/C13H17Br2NO4S/c1-5-16(12(19)20-13(2,3)4)9(11(17)18)8-6-7(14)10(15)21-8/h6,9H,5H2,1-4H3,(H,17,18). The summed E-state index contributed by atoms with van der Waals surface area (Å²) in [7, 11) is 0. The maximum Gasteiger partial charge on any atom is 0.411 e. The third-order valence-corrected chi connectivity index (χ3v) is 5.76. The molecule has 0 saturated heterocycles. The Morgan fingerprint density at radius 1 is 1.43 bits per heavy atom. The smallest absolute Gasteiger partial charge is 0.411 e. The molecule has 1 atom stereocenters. The summed E-state index contributed by atoms with van der Waals surface area (Å²) in [6, 6.07) is 0.623. The Morgan fingerprint density at radius 2 is 2.00 bits per heavy atom. The van der Waals surface area contributed by atoms with Crippen molar-refractivity contribution >= 4 is 55.3 Å². The van der Waals surface area contributed by atoms with Crippen LogP contribution in [-0.4, -0.2) is 34.2 Å². The first-order chi connectivity index (χ1) is 9.56. The van der Waals surface area contributed by atoms with Crippen LogP contribution in [0.5, 0.6) is 0 Å². The summed E-state index contributed by atoms with van der Waals surface area (Å²) < 4.78 is 6.83. The average molecular weight is 443 g/mol. The molecule has 0 spiro atoms. The summed E-state index contributed by atoms with van der Waals surface area (Å²) in [6.45, 7) is 7.18. The maximum absolute atomic E-state index is 12.2. The highest BCUT2D eigenvalue weighted by Gasteiger charge is 2.34. The minimum atomic E-state index is -1.09. The molecule has 5 nitrogen and oxygen atoms in total. The van der Waals surface area contributed by atoms with Crippen LogP contribution in [0.25, 0.3) is 0 Å². The van der Waals surface area contributed by atoms with Crippen LogP contribution in [0.15, 0.2) is 14.3 Å². The van der Waals surface area contributed by atoms with Crippen LogP contribution in [0.4, 0.5) is 4.79 Å². The third kappa shape index (κ3) is 4.96. The van der Waals surface area contributed by atoms with Gasteiger partial charge < -0.3 is 9.84 Å². The number of carbonyl (C=O) groups is 2. The number of nitrogens with zero attached hydrogens (tertiary/aromatic N) is 1. The molecule has 21 heavy (non-hydrogen) atoms. The van der Waals surface area contributed by atoms with Gasteiger partial charge in [0, 0.05) is 15.9 Å². The quantitative estimate of drug-likeness (QED) is 0.736. The molecule has 0 saturated carbocycles. The normalized spacial score (nSPS) is 12.9. The van der Waals surface area contributed by atoms with Gasteiger partial charge in [0.25, 0.3) is 0 Å². The molecule has 1 aromatic heterocycles. The molecule has 0 bridgehead atoms. The molecule has 8 heteroatoms. The molecule has 1 heterocycles. The van der Waals surface area contributed by atoms with Gasteiger partial charge in [0.05, 0.1) is 3.79 Å². The molecule has 1 rings (SSSR count). The minimum absolute atomic E-state index is 0.235. The van der Waals surface area contributed by atoms with Gasteiger partial charge in [-0.25, -0.2) is 9.59 Å². The number of likely N-dealkylation sites (N-methyl/N-ethyl adjacent to an activating group) is 1. The van der Waals surface area contributed by atoms with Crippen molar-refractivity contribution in [3.05, 3.63) is 19.2 Å². The number of thiophene rings is 1. The minimum Gasteiger partial charge on any atom is -0.479 e. The number of carboxylic acids is 1. The number of amides is 1. The third-order valence-electron chi connectivity index (χ3n) is 2.45. The molecule has 1 unspecified atom stereocenters. The van der Waals surface area contributed by atoms with Crippen LogP contribution >= 0.6 is 43.2 Å². The Kier molecular flexibility index (Phi) is 6.24. The molecule has 0 fully saturated rings. The lowest BCUT2D eigenvalue weighted by molar-refractivity contribution is -0.143. The number of hydrogen-bond acceptors (Lipinski definition) is 4. The Morgan fingerprint density at radius 3 is 2.33 bits per heavy atom. The van der Waals surface area contributed by atoms with Crippen LogP contribution in [0.2, 0.25) is 0 Å². The fraction of sp³-hybridized carbons (Fsp3) is 0.538. The number of ether oxygens (including phenoxy) is 1. The van der Waals surface area contributed by atoms with Crippen molar-refractivity contribution in [1.29, 1.82) is 0 Å². The molecule has 0 aliphatic rings. The van der Waals surface area contributed by atoms with Gasteiger partial charge in [-0.2, -0.15) is 0 Å². The van der Waals surface area contributed by atoms with Crippen LogP contribution in [-0.2, 0) is 9.53 Å². The van der Waals surface area contributed by atoms with E-state index in [4.69, 9.17) is 4.74 Å². The lowest BCUT2D eigenvalue weighted by Crippen LogP contribution is -2.41. The number of hydrogen-bond donors (Lipinski definition) is 1. The summed E-state index contributed by atoms with van der Waals surface area (Å²) >= 11 is 7.93.